The van der Waals surface area contributed by atoms with Crippen LogP contribution in [0.15, 0.2) is 17.8 Å². The third kappa shape index (κ3) is 4.63. The lowest BCUT2D eigenvalue weighted by Crippen LogP contribution is -1.87. The standard InChI is InChI=1S/C7H9NO/c1-4-6-9-8-7(3)5-2/h1,5H,2,6H2,3H3/b8-7+. The van der Waals surface area contributed by atoms with Crippen LogP contribution in [-0.2, 0) is 4.84 Å². The molecule has 0 aliphatic heterocycles. The molecule has 2 nitrogen and oxygen atoms in total. The largest absolute Gasteiger partial charge is 0.382 e. The molecular weight excluding hydrogens is 114 g/mol. The molecule has 48 valence electrons. The van der Waals surface area contributed by atoms with E-state index in [-0.39, 0.29) is 6.61 Å². The smallest absolute Gasteiger partial charge is 0.177 e. The van der Waals surface area contributed by atoms with Crippen molar-refractivity contribution in [1.29, 1.82) is 0 Å². The zero-order chi connectivity index (χ0) is 7.11. The van der Waals surface area contributed by atoms with Crippen LogP contribution in [0.4, 0.5) is 0 Å². The maximum Gasteiger partial charge on any atom is 0.177 e. The van der Waals surface area contributed by atoms with Gasteiger partial charge < -0.3 is 4.84 Å². The quantitative estimate of drug-likeness (QED) is 0.239. The van der Waals surface area contributed by atoms with Crippen LogP contribution in [0.5, 0.6) is 0 Å². The summed E-state index contributed by atoms with van der Waals surface area (Å²) in [4.78, 5) is 4.62. The van der Waals surface area contributed by atoms with Crippen LogP contribution < -0.4 is 0 Å². The van der Waals surface area contributed by atoms with E-state index in [4.69, 9.17) is 6.42 Å². The van der Waals surface area contributed by atoms with E-state index in [0.29, 0.717) is 0 Å². The van der Waals surface area contributed by atoms with Crippen LogP contribution in [0, 0.1) is 12.3 Å². The minimum atomic E-state index is 0.213. The Morgan fingerprint density at radius 3 is 3.11 bits per heavy atom. The van der Waals surface area contributed by atoms with E-state index in [1.807, 2.05) is 0 Å². The van der Waals surface area contributed by atoms with Crippen molar-refractivity contribution >= 4 is 5.71 Å². The van der Waals surface area contributed by atoms with Gasteiger partial charge in [-0.3, -0.25) is 0 Å². The highest BCUT2D eigenvalue weighted by Crippen LogP contribution is 1.79. The van der Waals surface area contributed by atoms with E-state index < -0.39 is 0 Å². The second-order valence-corrected chi connectivity index (χ2v) is 1.41. The summed E-state index contributed by atoms with van der Waals surface area (Å²) < 4.78 is 0. The van der Waals surface area contributed by atoms with E-state index in [2.05, 4.69) is 22.5 Å². The lowest BCUT2D eigenvalue weighted by Gasteiger charge is -1.90. The first-order valence-corrected chi connectivity index (χ1v) is 2.53. The van der Waals surface area contributed by atoms with Gasteiger partial charge in [0.05, 0.1) is 5.71 Å². The maximum absolute atomic E-state index is 4.89. The van der Waals surface area contributed by atoms with Crippen LogP contribution in [0.1, 0.15) is 6.92 Å². The van der Waals surface area contributed by atoms with E-state index in [1.54, 1.807) is 13.0 Å². The molecule has 0 N–H and O–H groups in total. The van der Waals surface area contributed by atoms with Crippen LogP contribution in [0.2, 0.25) is 0 Å². The summed E-state index contributed by atoms with van der Waals surface area (Å²) >= 11 is 0. The summed E-state index contributed by atoms with van der Waals surface area (Å²) in [6.07, 6.45) is 6.48. The molecule has 0 amide bonds. The zero-order valence-corrected chi connectivity index (χ0v) is 5.42. The van der Waals surface area contributed by atoms with Crippen LogP contribution in [0.25, 0.3) is 0 Å². The highest BCUT2D eigenvalue weighted by molar-refractivity contribution is 5.91. The Labute approximate surface area is 55.2 Å². The molecule has 0 heterocycles. The van der Waals surface area contributed by atoms with Gasteiger partial charge in [0.25, 0.3) is 0 Å². The molecule has 0 atom stereocenters. The number of rotatable bonds is 3. The summed E-state index contributed by atoms with van der Waals surface area (Å²) in [6, 6.07) is 0. The third-order valence-corrected chi connectivity index (χ3v) is 0.652. The van der Waals surface area contributed by atoms with Crippen LogP contribution >= 0.6 is 0 Å². The highest BCUT2D eigenvalue weighted by atomic mass is 16.6. The van der Waals surface area contributed by atoms with E-state index >= 15 is 0 Å². The number of hydrogen-bond donors (Lipinski definition) is 0. The monoisotopic (exact) mass is 123 g/mol. The molecule has 0 saturated carbocycles. The second-order valence-electron chi connectivity index (χ2n) is 1.41. The average Bonchev–Trinajstić information content (AvgIpc) is 1.89. The first-order chi connectivity index (χ1) is 4.31. The molecule has 0 aromatic carbocycles. The Morgan fingerprint density at radius 1 is 2.00 bits per heavy atom. The average molecular weight is 123 g/mol. The van der Waals surface area contributed by atoms with Gasteiger partial charge in [-0.25, -0.2) is 0 Å². The van der Waals surface area contributed by atoms with Crippen molar-refractivity contribution < 1.29 is 4.84 Å². The van der Waals surface area contributed by atoms with Gasteiger partial charge in [-0.2, -0.15) is 0 Å². The first kappa shape index (κ1) is 7.77. The predicted octanol–water partition coefficient (Wildman–Crippen LogP) is 1.20. The summed E-state index contributed by atoms with van der Waals surface area (Å²) in [5.41, 5.74) is 0.727. The third-order valence-electron chi connectivity index (χ3n) is 0.652. The number of oxime groups is 1. The first-order valence-electron chi connectivity index (χ1n) is 2.53. The summed E-state index contributed by atoms with van der Waals surface area (Å²) in [7, 11) is 0. The number of allylic oxidation sites excluding steroid dienone is 1. The molecule has 0 aromatic heterocycles. The van der Waals surface area contributed by atoms with Crippen molar-refractivity contribution in [2.45, 2.75) is 6.92 Å². The Hall–Kier alpha value is -1.23. The molecule has 0 spiro atoms. The summed E-state index contributed by atoms with van der Waals surface area (Å²) in [5.74, 6) is 2.28. The van der Waals surface area contributed by atoms with Crippen molar-refractivity contribution in [3.05, 3.63) is 12.7 Å². The summed E-state index contributed by atoms with van der Waals surface area (Å²) in [6.45, 7) is 5.47. The normalized spacial score (nSPS) is 10.0. The fourth-order valence-electron chi connectivity index (χ4n) is 0.209. The number of terminal acetylenes is 1. The Balaban J connectivity index is 3.46. The molecule has 0 aromatic rings. The van der Waals surface area contributed by atoms with Crippen molar-refractivity contribution in [1.82, 2.24) is 0 Å². The molecule has 2 heteroatoms. The van der Waals surface area contributed by atoms with Crippen LogP contribution in [-0.4, -0.2) is 12.3 Å². The lowest BCUT2D eigenvalue weighted by molar-refractivity contribution is 0.180. The Bertz CT molecular complexity index is 153. The van der Waals surface area contributed by atoms with Gasteiger partial charge in [0.2, 0.25) is 0 Å². The molecular formula is C7H9NO. The number of hydrogen-bond acceptors (Lipinski definition) is 2. The van der Waals surface area contributed by atoms with Crippen molar-refractivity contribution in [3.63, 3.8) is 0 Å². The van der Waals surface area contributed by atoms with Crippen LogP contribution in [0.3, 0.4) is 0 Å². The molecule has 0 fully saturated rings. The summed E-state index contributed by atoms with van der Waals surface area (Å²) in [5, 5.41) is 3.59. The molecule has 9 heavy (non-hydrogen) atoms. The minimum absolute atomic E-state index is 0.213. The lowest BCUT2D eigenvalue weighted by atomic mass is 10.4. The van der Waals surface area contributed by atoms with Gasteiger partial charge in [0.1, 0.15) is 0 Å². The molecule has 0 saturated heterocycles. The molecule has 0 aliphatic carbocycles. The second kappa shape index (κ2) is 4.92. The Kier molecular flexibility index (Phi) is 4.25. The fourth-order valence-corrected chi connectivity index (χ4v) is 0.209. The number of nitrogens with zero attached hydrogens (tertiary/aromatic N) is 1. The zero-order valence-electron chi connectivity index (χ0n) is 5.42. The van der Waals surface area contributed by atoms with E-state index in [1.165, 1.54) is 0 Å². The van der Waals surface area contributed by atoms with Gasteiger partial charge in [-0.05, 0) is 13.0 Å². The maximum atomic E-state index is 4.89. The van der Waals surface area contributed by atoms with Gasteiger partial charge >= 0.3 is 0 Å². The van der Waals surface area contributed by atoms with Crippen molar-refractivity contribution in [2.75, 3.05) is 6.61 Å². The molecule has 0 aliphatic rings. The van der Waals surface area contributed by atoms with Crippen molar-refractivity contribution in [3.8, 4) is 12.3 Å². The van der Waals surface area contributed by atoms with E-state index in [9.17, 15) is 0 Å². The predicted molar refractivity (Wildman–Crippen MR) is 38.1 cm³/mol. The van der Waals surface area contributed by atoms with Gasteiger partial charge in [-0.1, -0.05) is 17.7 Å². The molecule has 0 unspecified atom stereocenters. The van der Waals surface area contributed by atoms with E-state index in [0.717, 1.165) is 5.71 Å². The minimum Gasteiger partial charge on any atom is -0.382 e. The topological polar surface area (TPSA) is 21.6 Å². The molecule has 0 radical (unpaired) electrons. The fraction of sp³-hybridized carbons (Fsp3) is 0.286. The highest BCUT2D eigenvalue weighted by Gasteiger charge is 1.78. The van der Waals surface area contributed by atoms with Gasteiger partial charge in [0.15, 0.2) is 6.61 Å². The molecule has 0 bridgehead atoms. The van der Waals surface area contributed by atoms with Gasteiger partial charge in [0, 0.05) is 0 Å². The van der Waals surface area contributed by atoms with Gasteiger partial charge in [-0.15, -0.1) is 6.42 Å². The SMILES string of the molecule is C#CCO/N=C(\C)C=C. The Morgan fingerprint density at radius 2 is 2.67 bits per heavy atom. The van der Waals surface area contributed by atoms with Crippen molar-refractivity contribution in [2.24, 2.45) is 5.16 Å². The molecule has 0 rings (SSSR count).